The molecule has 0 radical (unpaired) electrons. The monoisotopic (exact) mass is 536 g/mol. The summed E-state index contributed by atoms with van der Waals surface area (Å²) >= 11 is 1.70. The molecule has 0 aliphatic carbocycles. The number of amides is 2. The zero-order chi connectivity index (χ0) is 26.9. The number of rotatable bonds is 7. The van der Waals surface area contributed by atoms with Crippen LogP contribution in [-0.2, 0) is 11.2 Å². The zero-order valence-electron chi connectivity index (χ0n) is 22.1. The summed E-state index contributed by atoms with van der Waals surface area (Å²) in [6.07, 6.45) is 0.773. The molecule has 0 spiro atoms. The maximum atomic E-state index is 13.9. The number of carbonyl (C=O) groups excluding carboxylic acids is 2. The molecule has 3 heterocycles. The second-order valence-electron chi connectivity index (χ2n) is 10.2. The highest BCUT2D eigenvalue weighted by atomic mass is 32.1. The number of nitrogens with zero attached hydrogens (tertiary/aromatic N) is 2. The molecule has 2 amide bonds. The van der Waals surface area contributed by atoms with E-state index in [1.807, 2.05) is 49.9 Å². The van der Waals surface area contributed by atoms with E-state index in [-0.39, 0.29) is 37.8 Å². The second kappa shape index (κ2) is 10.6. The van der Waals surface area contributed by atoms with Crippen LogP contribution in [0.15, 0.2) is 53.9 Å². The number of thiophene rings is 1. The number of methoxy groups -OCH3 is 1. The van der Waals surface area contributed by atoms with Crippen LogP contribution >= 0.6 is 11.3 Å². The Hall–Kier alpha value is -3.72. The molecule has 0 fully saturated rings. The molecule has 0 unspecified atom stereocenters. The molecule has 2 aliphatic rings. The van der Waals surface area contributed by atoms with Gasteiger partial charge in [0.25, 0.3) is 5.91 Å². The van der Waals surface area contributed by atoms with Gasteiger partial charge in [0, 0.05) is 22.5 Å². The molecule has 3 aromatic rings. The molecule has 1 aromatic heterocycles. The Labute approximate surface area is 226 Å². The summed E-state index contributed by atoms with van der Waals surface area (Å²) in [6.45, 7) is 6.71. The predicted octanol–water partition coefficient (Wildman–Crippen LogP) is 4.93. The molecule has 8 nitrogen and oxygen atoms in total. The van der Waals surface area contributed by atoms with Crippen molar-refractivity contribution in [1.82, 2.24) is 9.80 Å². The largest absolute Gasteiger partial charge is 0.493 e. The van der Waals surface area contributed by atoms with E-state index in [2.05, 4.69) is 11.4 Å². The molecule has 9 heteroatoms. The lowest BCUT2D eigenvalue weighted by Gasteiger charge is -2.40. The lowest BCUT2D eigenvalue weighted by atomic mass is 9.99. The van der Waals surface area contributed by atoms with Crippen LogP contribution in [-0.4, -0.2) is 60.8 Å². The predicted molar refractivity (Wildman–Crippen MR) is 144 cm³/mol. The summed E-state index contributed by atoms with van der Waals surface area (Å²) in [5, 5.41) is 2.05. The van der Waals surface area contributed by atoms with E-state index in [0.29, 0.717) is 35.1 Å². The van der Waals surface area contributed by atoms with Gasteiger partial charge in [-0.1, -0.05) is 12.1 Å². The van der Waals surface area contributed by atoms with Gasteiger partial charge in [-0.25, -0.2) is 0 Å². The van der Waals surface area contributed by atoms with Crippen molar-refractivity contribution in [3.05, 3.63) is 69.9 Å². The van der Waals surface area contributed by atoms with Crippen molar-refractivity contribution >= 4 is 23.2 Å². The molecular weight excluding hydrogens is 504 g/mol. The standard InChI is InChI=1S/C29H32N2O6S/c1-29(2,3)31(28(33)19-9-10-24-25(15-19)37-18-36-24)16-27(32)30-13-11-26-20(12-14-38-26)21(30)17-35-23-8-6-5-7-22(23)34-4/h5-10,12,14-15,21H,11,13,16-18H2,1-4H3/t21-/m0/s1. The molecule has 5 rings (SSSR count). The minimum Gasteiger partial charge on any atom is -0.493 e. The molecule has 200 valence electrons. The van der Waals surface area contributed by atoms with Crippen LogP contribution in [0.5, 0.6) is 23.0 Å². The molecule has 38 heavy (non-hydrogen) atoms. The summed E-state index contributed by atoms with van der Waals surface area (Å²) in [5.74, 6) is 2.04. The first kappa shape index (κ1) is 25.9. The molecular formula is C29H32N2O6S. The molecule has 2 aromatic carbocycles. The third-order valence-corrected chi connectivity index (χ3v) is 7.85. The Balaban J connectivity index is 1.37. The van der Waals surface area contributed by atoms with E-state index < -0.39 is 5.54 Å². The van der Waals surface area contributed by atoms with E-state index in [0.717, 1.165) is 12.0 Å². The summed E-state index contributed by atoms with van der Waals surface area (Å²) in [6, 6.07) is 14.4. The number of para-hydroxylation sites is 2. The van der Waals surface area contributed by atoms with E-state index in [1.165, 1.54) is 4.88 Å². The van der Waals surface area contributed by atoms with E-state index in [1.54, 1.807) is 41.5 Å². The van der Waals surface area contributed by atoms with Gasteiger partial charge in [0.05, 0.1) is 13.2 Å². The Kier molecular flexibility index (Phi) is 7.21. The maximum absolute atomic E-state index is 13.9. The fraction of sp³-hybridized carbons (Fsp3) is 0.379. The minimum atomic E-state index is -0.587. The summed E-state index contributed by atoms with van der Waals surface area (Å²) < 4.78 is 22.5. The van der Waals surface area contributed by atoms with Crippen LogP contribution in [0.2, 0.25) is 0 Å². The number of benzene rings is 2. The molecule has 1 atom stereocenters. The van der Waals surface area contributed by atoms with Gasteiger partial charge in [0.2, 0.25) is 12.7 Å². The molecule has 0 N–H and O–H groups in total. The lowest BCUT2D eigenvalue weighted by molar-refractivity contribution is -0.136. The third kappa shape index (κ3) is 5.15. The van der Waals surface area contributed by atoms with Crippen molar-refractivity contribution in [2.24, 2.45) is 0 Å². The van der Waals surface area contributed by atoms with Crippen molar-refractivity contribution in [3.8, 4) is 23.0 Å². The highest BCUT2D eigenvalue weighted by Gasteiger charge is 2.36. The molecule has 0 saturated carbocycles. The Morgan fingerprint density at radius 2 is 1.84 bits per heavy atom. The number of carbonyl (C=O) groups is 2. The van der Waals surface area contributed by atoms with Gasteiger partial charge >= 0.3 is 0 Å². The maximum Gasteiger partial charge on any atom is 0.254 e. The average molecular weight is 537 g/mol. The van der Waals surface area contributed by atoms with Gasteiger partial charge in [-0.2, -0.15) is 0 Å². The SMILES string of the molecule is COc1ccccc1OC[C@H]1c2ccsc2CCN1C(=O)CN(C(=O)c1ccc2c(c1)OCO2)C(C)(C)C. The second-order valence-corrected chi connectivity index (χ2v) is 11.2. The zero-order valence-corrected chi connectivity index (χ0v) is 22.9. The van der Waals surface area contributed by atoms with Gasteiger partial charge < -0.3 is 28.7 Å². The van der Waals surface area contributed by atoms with Gasteiger partial charge in [0.15, 0.2) is 23.0 Å². The first-order chi connectivity index (χ1) is 18.3. The van der Waals surface area contributed by atoms with Crippen LogP contribution in [0.4, 0.5) is 0 Å². The van der Waals surface area contributed by atoms with Crippen LogP contribution in [0.25, 0.3) is 0 Å². The van der Waals surface area contributed by atoms with Crippen molar-refractivity contribution in [1.29, 1.82) is 0 Å². The number of hydrogen-bond donors (Lipinski definition) is 0. The van der Waals surface area contributed by atoms with Crippen molar-refractivity contribution in [2.75, 3.05) is 33.6 Å². The minimum absolute atomic E-state index is 0.0542. The van der Waals surface area contributed by atoms with E-state index in [4.69, 9.17) is 18.9 Å². The Bertz CT molecular complexity index is 1330. The summed E-state index contributed by atoms with van der Waals surface area (Å²) in [7, 11) is 1.61. The van der Waals surface area contributed by atoms with Crippen LogP contribution in [0, 0.1) is 0 Å². The highest BCUT2D eigenvalue weighted by molar-refractivity contribution is 7.10. The highest BCUT2D eigenvalue weighted by Crippen LogP contribution is 2.36. The Morgan fingerprint density at radius 1 is 1.08 bits per heavy atom. The average Bonchev–Trinajstić information content (AvgIpc) is 3.58. The topological polar surface area (TPSA) is 77.5 Å². The summed E-state index contributed by atoms with van der Waals surface area (Å²) in [4.78, 5) is 32.2. The number of hydrogen-bond acceptors (Lipinski definition) is 7. The third-order valence-electron chi connectivity index (χ3n) is 6.85. The number of fused-ring (bicyclic) bond motifs is 2. The lowest BCUT2D eigenvalue weighted by Crippen LogP contribution is -2.53. The molecule has 0 bridgehead atoms. The normalized spacial score (nSPS) is 16.1. The van der Waals surface area contributed by atoms with E-state index in [9.17, 15) is 9.59 Å². The summed E-state index contributed by atoms with van der Waals surface area (Å²) in [5.41, 5.74) is 0.955. The van der Waals surface area contributed by atoms with Crippen LogP contribution in [0.3, 0.4) is 0 Å². The van der Waals surface area contributed by atoms with Gasteiger partial charge in [0.1, 0.15) is 13.2 Å². The van der Waals surface area contributed by atoms with Crippen molar-refractivity contribution < 1.29 is 28.5 Å². The van der Waals surface area contributed by atoms with Gasteiger partial charge in [-0.05, 0) is 74.5 Å². The molecule has 2 aliphatic heterocycles. The van der Waals surface area contributed by atoms with Crippen molar-refractivity contribution in [3.63, 3.8) is 0 Å². The van der Waals surface area contributed by atoms with Gasteiger partial charge in [-0.3, -0.25) is 9.59 Å². The fourth-order valence-electron chi connectivity index (χ4n) is 4.81. The first-order valence-electron chi connectivity index (χ1n) is 12.6. The first-order valence-corrected chi connectivity index (χ1v) is 13.5. The van der Waals surface area contributed by atoms with Gasteiger partial charge in [-0.15, -0.1) is 11.3 Å². The number of ether oxygens (including phenoxy) is 4. The van der Waals surface area contributed by atoms with Crippen molar-refractivity contribution in [2.45, 2.75) is 38.8 Å². The van der Waals surface area contributed by atoms with E-state index >= 15 is 0 Å². The van der Waals surface area contributed by atoms with Crippen LogP contribution in [0.1, 0.15) is 47.6 Å². The van der Waals surface area contributed by atoms with Crippen LogP contribution < -0.4 is 18.9 Å². The Morgan fingerprint density at radius 3 is 2.61 bits per heavy atom. The quantitative estimate of drug-likeness (QED) is 0.426. The smallest absolute Gasteiger partial charge is 0.254 e. The molecule has 0 saturated heterocycles. The fourth-order valence-corrected chi connectivity index (χ4v) is 5.73.